The summed E-state index contributed by atoms with van der Waals surface area (Å²) in [5, 5.41) is 11.3. The largest absolute Gasteiger partial charge is 0.462 e. The molecule has 0 aromatic rings. The number of ketones is 1. The monoisotopic (exact) mass is 631 g/mol. The molecule has 10 atom stereocenters. The third kappa shape index (κ3) is 11.4. The Hall–Kier alpha value is -2.61. The summed E-state index contributed by atoms with van der Waals surface area (Å²) in [6, 6.07) is 0. The van der Waals surface area contributed by atoms with Crippen LogP contribution in [0, 0.1) is 23.7 Å². The summed E-state index contributed by atoms with van der Waals surface area (Å²) >= 11 is 0. The molecule has 13 heteroatoms. The number of nitrogens with two attached hydrogens (primary N) is 1. The fourth-order valence-electron chi connectivity index (χ4n) is 5.82. The van der Waals surface area contributed by atoms with Crippen LogP contribution in [-0.4, -0.2) is 91.3 Å². The number of primary amides is 1. The molecule has 0 aromatic carbocycles. The molecule has 13 nitrogen and oxygen atoms in total. The average molecular weight is 632 g/mol. The number of amides is 1. The molecule has 254 valence electrons. The van der Waals surface area contributed by atoms with E-state index < -0.39 is 78.2 Å². The number of carbonyl (C=O) groups is 5. The molecule has 1 amide bonds. The summed E-state index contributed by atoms with van der Waals surface area (Å²) in [5.41, 5.74) is 2.45. The number of methoxy groups -OCH3 is 1. The van der Waals surface area contributed by atoms with Gasteiger partial charge in [0.25, 0.3) is 0 Å². The molecule has 0 radical (unpaired) electrons. The third-order valence-corrected chi connectivity index (χ3v) is 8.54. The molecule has 1 fully saturated rings. The molecular formula is C31H53NO12. The zero-order valence-electron chi connectivity index (χ0n) is 27.7. The van der Waals surface area contributed by atoms with Gasteiger partial charge in [0, 0.05) is 51.0 Å². The van der Waals surface area contributed by atoms with Gasteiger partial charge in [-0.2, -0.15) is 0 Å². The Balaban J connectivity index is 3.08. The van der Waals surface area contributed by atoms with E-state index in [1.807, 2.05) is 13.8 Å². The van der Waals surface area contributed by atoms with Crippen LogP contribution >= 0.6 is 0 Å². The first-order valence-electron chi connectivity index (χ1n) is 15.3. The predicted molar refractivity (Wildman–Crippen MR) is 158 cm³/mol. The normalized spacial score (nSPS) is 26.6. The maximum atomic E-state index is 13.3. The minimum absolute atomic E-state index is 0.0511. The van der Waals surface area contributed by atoms with E-state index in [1.165, 1.54) is 21.0 Å². The maximum absolute atomic E-state index is 13.3. The molecule has 1 aliphatic rings. The highest BCUT2D eigenvalue weighted by Crippen LogP contribution is 2.36. The third-order valence-electron chi connectivity index (χ3n) is 8.54. The number of esters is 2. The first-order chi connectivity index (χ1) is 20.4. The second-order valence-electron chi connectivity index (χ2n) is 12.3. The van der Waals surface area contributed by atoms with Crippen LogP contribution in [0.1, 0.15) is 87.5 Å². The van der Waals surface area contributed by atoms with Crippen LogP contribution in [0.2, 0.25) is 0 Å². The minimum Gasteiger partial charge on any atom is -0.462 e. The van der Waals surface area contributed by atoms with Gasteiger partial charge < -0.3 is 44.1 Å². The highest BCUT2D eigenvalue weighted by Gasteiger charge is 2.49. The van der Waals surface area contributed by atoms with Crippen molar-refractivity contribution in [2.75, 3.05) is 20.3 Å². The van der Waals surface area contributed by atoms with Crippen LogP contribution in [0.3, 0.4) is 0 Å². The maximum Gasteiger partial charge on any atom is 0.404 e. The molecule has 0 aromatic heterocycles. The van der Waals surface area contributed by atoms with Gasteiger partial charge in [0.05, 0.1) is 30.3 Å². The molecule has 1 rings (SSSR count). The fourth-order valence-corrected chi connectivity index (χ4v) is 5.82. The number of aliphatic hydroxyl groups is 1. The first-order valence-corrected chi connectivity index (χ1v) is 15.3. The van der Waals surface area contributed by atoms with E-state index in [4.69, 9.17) is 34.2 Å². The van der Waals surface area contributed by atoms with E-state index in [9.17, 15) is 29.1 Å². The average Bonchev–Trinajstić information content (AvgIpc) is 2.94. The molecular weight excluding hydrogens is 578 g/mol. The van der Waals surface area contributed by atoms with E-state index >= 15 is 0 Å². The molecule has 0 bridgehead atoms. The van der Waals surface area contributed by atoms with Crippen LogP contribution in [0.15, 0.2) is 0 Å². The summed E-state index contributed by atoms with van der Waals surface area (Å²) < 4.78 is 33.7. The number of hydrogen-bond acceptors (Lipinski definition) is 12. The Morgan fingerprint density at radius 1 is 1.14 bits per heavy atom. The van der Waals surface area contributed by atoms with Crippen LogP contribution in [0.5, 0.6) is 0 Å². The molecule has 3 N–H and O–H groups in total. The topological polar surface area (TPSA) is 187 Å². The van der Waals surface area contributed by atoms with Gasteiger partial charge in [0.2, 0.25) is 0 Å². The minimum atomic E-state index is -1.68. The van der Waals surface area contributed by atoms with Crippen LogP contribution in [-0.2, 0) is 47.6 Å². The highest BCUT2D eigenvalue weighted by molar-refractivity contribution is 5.83. The lowest BCUT2D eigenvalue weighted by molar-refractivity contribution is -0.295. The summed E-state index contributed by atoms with van der Waals surface area (Å²) in [7, 11) is 1.48. The Morgan fingerprint density at radius 3 is 2.30 bits per heavy atom. The summed E-state index contributed by atoms with van der Waals surface area (Å²) in [5.74, 6) is -3.89. The van der Waals surface area contributed by atoms with Gasteiger partial charge in [-0.15, -0.1) is 0 Å². The lowest BCUT2D eigenvalue weighted by Crippen LogP contribution is -2.58. The molecule has 44 heavy (non-hydrogen) atoms. The van der Waals surface area contributed by atoms with Crippen molar-refractivity contribution in [2.24, 2.45) is 29.4 Å². The molecule has 0 spiro atoms. The van der Waals surface area contributed by atoms with Crippen molar-refractivity contribution in [1.82, 2.24) is 0 Å². The summed E-state index contributed by atoms with van der Waals surface area (Å²) in [4.78, 5) is 60.6. The zero-order valence-corrected chi connectivity index (χ0v) is 27.7. The van der Waals surface area contributed by atoms with E-state index in [-0.39, 0.29) is 37.6 Å². The SMILES string of the molecule is CCC[C@@H](C)C(=O)C(C)C(CC=O)[C@](C)(O)COC(=O)C(C)[C@H](CCOC(N)=O)OC1C[C@@](C)(OC)C(OC(C)=O)[C@H](C)O1. The highest BCUT2D eigenvalue weighted by atomic mass is 16.7. The van der Waals surface area contributed by atoms with Crippen molar-refractivity contribution >= 4 is 30.1 Å². The van der Waals surface area contributed by atoms with Crippen LogP contribution in [0.4, 0.5) is 4.79 Å². The number of ether oxygens (including phenoxy) is 6. The number of aldehydes is 1. The predicted octanol–water partition coefficient (Wildman–Crippen LogP) is 3.11. The Labute approximate surface area is 260 Å². The van der Waals surface area contributed by atoms with E-state index in [0.717, 1.165) is 6.42 Å². The van der Waals surface area contributed by atoms with Crippen molar-refractivity contribution < 1.29 is 57.5 Å². The van der Waals surface area contributed by atoms with Gasteiger partial charge >= 0.3 is 18.0 Å². The molecule has 0 saturated carbocycles. The van der Waals surface area contributed by atoms with Crippen molar-refractivity contribution in [3.05, 3.63) is 0 Å². The van der Waals surface area contributed by atoms with Gasteiger partial charge in [-0.05, 0) is 34.1 Å². The molecule has 5 unspecified atom stereocenters. The zero-order chi connectivity index (χ0) is 33.8. The van der Waals surface area contributed by atoms with Gasteiger partial charge in [-0.25, -0.2) is 4.79 Å². The van der Waals surface area contributed by atoms with Gasteiger partial charge in [-0.1, -0.05) is 27.2 Å². The molecule has 1 saturated heterocycles. The van der Waals surface area contributed by atoms with E-state index in [2.05, 4.69) is 0 Å². The lowest BCUT2D eigenvalue weighted by Gasteiger charge is -2.46. The Kier molecular flexibility index (Phi) is 15.9. The number of rotatable bonds is 19. The summed E-state index contributed by atoms with van der Waals surface area (Å²) in [6.07, 6.45) is -1.87. The number of carbonyl (C=O) groups excluding carboxylic acids is 5. The first kappa shape index (κ1) is 39.4. The van der Waals surface area contributed by atoms with Gasteiger partial charge in [0.15, 0.2) is 12.4 Å². The Morgan fingerprint density at radius 2 is 1.77 bits per heavy atom. The van der Waals surface area contributed by atoms with Crippen molar-refractivity contribution in [3.8, 4) is 0 Å². The fraction of sp³-hybridized carbons (Fsp3) is 0.839. The van der Waals surface area contributed by atoms with Crippen molar-refractivity contribution in [2.45, 2.75) is 123 Å². The van der Waals surface area contributed by atoms with Crippen LogP contribution in [0.25, 0.3) is 0 Å². The Bertz CT molecular complexity index is 971. The number of Topliss-reactive ketones (excluding diaryl/α,β-unsaturated/α-hetero) is 1. The van der Waals surface area contributed by atoms with Crippen molar-refractivity contribution in [3.63, 3.8) is 0 Å². The number of hydrogen-bond donors (Lipinski definition) is 2. The quantitative estimate of drug-likeness (QED) is 0.121. The van der Waals surface area contributed by atoms with Crippen LogP contribution < -0.4 is 5.73 Å². The molecule has 1 aliphatic heterocycles. The van der Waals surface area contributed by atoms with Gasteiger partial charge in [0.1, 0.15) is 24.3 Å². The van der Waals surface area contributed by atoms with E-state index in [1.54, 1.807) is 27.7 Å². The molecule has 0 aliphatic carbocycles. The van der Waals surface area contributed by atoms with Gasteiger partial charge in [-0.3, -0.25) is 14.4 Å². The van der Waals surface area contributed by atoms with E-state index in [0.29, 0.717) is 12.7 Å². The standard InChI is InChI=1S/C31H53NO12/c1-10-11-18(2)26(35)19(3)23(12-14-33)30(7,38)17-41-28(36)20(4)24(13-15-40-29(32)37)44-25-16-31(8,39-9)27(21(5)42-25)43-22(6)34/h14,18-21,23-25,27,38H,10-13,15-17H2,1-9H3,(H2,32,37)/t18-,19?,20?,21+,23?,24+,25?,27?,30-,31-/m1/s1. The smallest absolute Gasteiger partial charge is 0.404 e. The summed E-state index contributed by atoms with van der Waals surface area (Å²) in [6.45, 7) is 12.6. The second-order valence-corrected chi connectivity index (χ2v) is 12.3. The second kappa shape index (κ2) is 17.8. The lowest BCUT2D eigenvalue weighted by atomic mass is 9.74. The molecule has 1 heterocycles. The van der Waals surface area contributed by atoms with Crippen molar-refractivity contribution in [1.29, 1.82) is 0 Å².